The molecule has 0 atom stereocenters. The van der Waals surface area contributed by atoms with Crippen LogP contribution in [0.1, 0.15) is 22.8 Å². The van der Waals surface area contributed by atoms with Gasteiger partial charge in [-0.15, -0.1) is 0 Å². The molecule has 2 aromatic rings. The number of nitrogen functional groups attached to an aromatic ring is 1. The summed E-state index contributed by atoms with van der Waals surface area (Å²) in [6, 6.07) is 4.28. The van der Waals surface area contributed by atoms with E-state index in [0.29, 0.717) is 6.41 Å². The molecule has 7 nitrogen and oxygen atoms in total. The summed E-state index contributed by atoms with van der Waals surface area (Å²) in [6.07, 6.45) is 0.453. The SMILES string of the molecule is CC(=O)c1c(NC=O)nn(C)c1N.Cc1ccc(O)c(F)c1. The van der Waals surface area contributed by atoms with Crippen molar-refractivity contribution in [2.75, 3.05) is 11.1 Å². The number of halogens is 1. The lowest BCUT2D eigenvalue weighted by Gasteiger charge is -1.95. The predicted octanol–water partition coefficient (Wildman–Crippen LogP) is 1.61. The Balaban J connectivity index is 0.000000235. The van der Waals surface area contributed by atoms with Crippen molar-refractivity contribution in [3.8, 4) is 5.75 Å². The average Bonchev–Trinajstić information content (AvgIpc) is 2.71. The number of phenols is 1. The third-order valence-electron chi connectivity index (χ3n) is 2.74. The fourth-order valence-electron chi connectivity index (χ4n) is 1.65. The Morgan fingerprint density at radius 3 is 2.59 bits per heavy atom. The van der Waals surface area contributed by atoms with Crippen LogP contribution in [0.25, 0.3) is 0 Å². The first kappa shape index (κ1) is 17.2. The molecule has 0 aliphatic rings. The molecule has 0 spiro atoms. The molecule has 0 saturated carbocycles. The molecule has 0 bridgehead atoms. The third-order valence-corrected chi connectivity index (χ3v) is 2.74. The van der Waals surface area contributed by atoms with Gasteiger partial charge in [0.1, 0.15) is 11.4 Å². The highest BCUT2D eigenvalue weighted by Gasteiger charge is 2.16. The normalized spacial score (nSPS) is 9.64. The van der Waals surface area contributed by atoms with Gasteiger partial charge in [0.2, 0.25) is 6.41 Å². The van der Waals surface area contributed by atoms with Gasteiger partial charge in [-0.2, -0.15) is 5.10 Å². The van der Waals surface area contributed by atoms with E-state index in [1.54, 1.807) is 20.0 Å². The molecule has 0 saturated heterocycles. The van der Waals surface area contributed by atoms with Gasteiger partial charge in [-0.05, 0) is 31.5 Å². The second-order valence-corrected chi connectivity index (χ2v) is 4.51. The standard InChI is InChI=1S/C7H7FO.C7H10N4O2/c1-5-2-3-7(9)6(8)4-5;1-4(13)5-6(8)11(2)10-7(5)9-3-12/h2-4,9H,1H3;3H,8H2,1-2H3,(H,9,10,12). The Kier molecular flexibility index (Phi) is 5.62. The maximum absolute atomic E-state index is 12.3. The molecule has 0 aliphatic carbocycles. The van der Waals surface area contributed by atoms with Crippen LogP contribution in [0.4, 0.5) is 16.0 Å². The van der Waals surface area contributed by atoms with Gasteiger partial charge >= 0.3 is 0 Å². The molecule has 0 aliphatic heterocycles. The number of nitrogens with one attached hydrogen (secondary N) is 1. The lowest BCUT2D eigenvalue weighted by molar-refractivity contribution is -0.105. The molecule has 4 N–H and O–H groups in total. The van der Waals surface area contributed by atoms with Gasteiger partial charge in [0, 0.05) is 7.05 Å². The van der Waals surface area contributed by atoms with E-state index >= 15 is 0 Å². The molecule has 0 unspecified atom stereocenters. The predicted molar refractivity (Wildman–Crippen MR) is 80.1 cm³/mol. The van der Waals surface area contributed by atoms with Crippen LogP contribution in [0.15, 0.2) is 18.2 Å². The van der Waals surface area contributed by atoms with Crippen molar-refractivity contribution in [3.63, 3.8) is 0 Å². The van der Waals surface area contributed by atoms with E-state index < -0.39 is 5.82 Å². The number of phenolic OH excluding ortho intramolecular Hbond substituents is 1. The number of anilines is 2. The highest BCUT2D eigenvalue weighted by atomic mass is 19.1. The molecule has 0 fully saturated rings. The molecule has 1 aromatic heterocycles. The van der Waals surface area contributed by atoms with Crippen LogP contribution in [-0.2, 0) is 11.8 Å². The third kappa shape index (κ3) is 4.05. The number of carbonyl (C=O) groups is 2. The summed E-state index contributed by atoms with van der Waals surface area (Å²) in [4.78, 5) is 21.2. The summed E-state index contributed by atoms with van der Waals surface area (Å²) in [6.45, 7) is 3.13. The lowest BCUT2D eigenvalue weighted by atomic mass is 10.2. The van der Waals surface area contributed by atoms with Crippen LogP contribution in [0, 0.1) is 12.7 Å². The van der Waals surface area contributed by atoms with Crippen molar-refractivity contribution >= 4 is 23.8 Å². The van der Waals surface area contributed by atoms with Gasteiger partial charge in [0.25, 0.3) is 0 Å². The van der Waals surface area contributed by atoms with Crippen molar-refractivity contribution < 1.29 is 19.1 Å². The van der Waals surface area contributed by atoms with Gasteiger partial charge in [0.05, 0.1) is 0 Å². The molecule has 0 radical (unpaired) electrons. The van der Waals surface area contributed by atoms with Crippen LogP contribution in [0.2, 0.25) is 0 Å². The second kappa shape index (κ2) is 7.21. The van der Waals surface area contributed by atoms with Gasteiger partial charge in [-0.1, -0.05) is 6.07 Å². The first-order valence-electron chi connectivity index (χ1n) is 6.26. The first-order chi connectivity index (χ1) is 10.3. The fourth-order valence-corrected chi connectivity index (χ4v) is 1.65. The van der Waals surface area contributed by atoms with Crippen LogP contribution >= 0.6 is 0 Å². The summed E-state index contributed by atoms with van der Waals surface area (Å²) < 4.78 is 13.7. The second-order valence-electron chi connectivity index (χ2n) is 4.51. The molecular formula is C14H17FN4O3. The quantitative estimate of drug-likeness (QED) is 0.589. The zero-order chi connectivity index (χ0) is 16.9. The summed E-state index contributed by atoms with van der Waals surface area (Å²) in [5.74, 6) is -0.634. The molecule has 118 valence electrons. The Bertz CT molecular complexity index is 698. The average molecular weight is 308 g/mol. The fraction of sp³-hybridized carbons (Fsp3) is 0.214. The van der Waals surface area contributed by atoms with Gasteiger partial charge in [-0.25, -0.2) is 4.39 Å². The van der Waals surface area contributed by atoms with Gasteiger partial charge in [-0.3, -0.25) is 14.3 Å². The van der Waals surface area contributed by atoms with E-state index in [-0.39, 0.29) is 28.7 Å². The summed E-state index contributed by atoms with van der Waals surface area (Å²) in [7, 11) is 1.59. The Morgan fingerprint density at radius 1 is 1.50 bits per heavy atom. The highest BCUT2D eigenvalue weighted by molar-refractivity contribution is 6.04. The summed E-state index contributed by atoms with van der Waals surface area (Å²) >= 11 is 0. The number of aromatic nitrogens is 2. The van der Waals surface area contributed by atoms with Crippen LogP contribution in [0.3, 0.4) is 0 Å². The topological polar surface area (TPSA) is 110 Å². The van der Waals surface area contributed by atoms with E-state index in [4.69, 9.17) is 10.8 Å². The molecule has 22 heavy (non-hydrogen) atoms. The monoisotopic (exact) mass is 308 g/mol. The van der Waals surface area contributed by atoms with E-state index in [1.165, 1.54) is 23.7 Å². The maximum Gasteiger partial charge on any atom is 0.212 e. The molecule has 2 rings (SSSR count). The highest BCUT2D eigenvalue weighted by Crippen LogP contribution is 2.20. The van der Waals surface area contributed by atoms with Crippen LogP contribution in [0.5, 0.6) is 5.75 Å². The van der Waals surface area contributed by atoms with Crippen LogP contribution < -0.4 is 11.1 Å². The zero-order valence-corrected chi connectivity index (χ0v) is 12.4. The number of nitrogens with zero attached hydrogens (tertiary/aromatic N) is 2. The van der Waals surface area contributed by atoms with E-state index in [1.807, 2.05) is 0 Å². The van der Waals surface area contributed by atoms with E-state index in [9.17, 15) is 14.0 Å². The number of hydrogen-bond donors (Lipinski definition) is 3. The number of aromatic hydroxyl groups is 1. The van der Waals surface area contributed by atoms with Crippen molar-refractivity contribution in [2.24, 2.45) is 7.05 Å². The lowest BCUT2D eigenvalue weighted by Crippen LogP contribution is -2.03. The molecule has 1 heterocycles. The number of ketones is 1. The number of nitrogens with two attached hydrogens (primary N) is 1. The zero-order valence-electron chi connectivity index (χ0n) is 12.4. The minimum atomic E-state index is -0.560. The number of hydrogen-bond acceptors (Lipinski definition) is 5. The number of benzene rings is 1. The Morgan fingerprint density at radius 2 is 2.14 bits per heavy atom. The number of amides is 1. The van der Waals surface area contributed by atoms with E-state index in [0.717, 1.165) is 5.56 Å². The van der Waals surface area contributed by atoms with Crippen molar-refractivity contribution in [2.45, 2.75) is 13.8 Å². The Hall–Kier alpha value is -2.90. The van der Waals surface area contributed by atoms with E-state index in [2.05, 4.69) is 10.4 Å². The van der Waals surface area contributed by atoms with Gasteiger partial charge < -0.3 is 16.2 Å². The smallest absolute Gasteiger partial charge is 0.212 e. The summed E-state index contributed by atoms with van der Waals surface area (Å²) in [5, 5.41) is 14.8. The minimum absolute atomic E-state index is 0.197. The number of Topliss-reactive ketones (excluding diaryl/α,β-unsaturated/α-hetero) is 1. The molecule has 1 aromatic carbocycles. The molecular weight excluding hydrogens is 291 g/mol. The van der Waals surface area contributed by atoms with Gasteiger partial charge in [0.15, 0.2) is 23.2 Å². The minimum Gasteiger partial charge on any atom is -0.505 e. The maximum atomic E-state index is 12.3. The van der Waals surface area contributed by atoms with Crippen molar-refractivity contribution in [3.05, 3.63) is 35.1 Å². The first-order valence-corrected chi connectivity index (χ1v) is 6.26. The number of carbonyl (C=O) groups excluding carboxylic acids is 2. The Labute approximate surface area is 126 Å². The molecule has 8 heteroatoms. The summed E-state index contributed by atoms with van der Waals surface area (Å²) in [5.41, 5.74) is 6.61. The largest absolute Gasteiger partial charge is 0.505 e. The van der Waals surface area contributed by atoms with Crippen LogP contribution in [-0.4, -0.2) is 27.1 Å². The van der Waals surface area contributed by atoms with Crippen molar-refractivity contribution in [1.29, 1.82) is 0 Å². The van der Waals surface area contributed by atoms with Crippen molar-refractivity contribution in [1.82, 2.24) is 9.78 Å². The number of aryl methyl sites for hydroxylation is 2. The number of rotatable bonds is 3. The molecule has 1 amide bonds.